The van der Waals surface area contributed by atoms with E-state index in [9.17, 15) is 4.79 Å². The summed E-state index contributed by atoms with van der Waals surface area (Å²) in [6.07, 6.45) is 0. The van der Waals surface area contributed by atoms with Crippen LogP contribution in [0.15, 0.2) is 42.5 Å². The van der Waals surface area contributed by atoms with Gasteiger partial charge >= 0.3 is 130 Å². The molecule has 0 fully saturated rings. The number of fused-ring (bicyclic) bond motifs is 1. The van der Waals surface area contributed by atoms with Gasteiger partial charge in [0.1, 0.15) is 0 Å². The second kappa shape index (κ2) is 5.40. The van der Waals surface area contributed by atoms with Gasteiger partial charge in [0.25, 0.3) is 0 Å². The summed E-state index contributed by atoms with van der Waals surface area (Å²) >= 11 is 2.06. The molecule has 6 heteroatoms. The van der Waals surface area contributed by atoms with Crippen LogP contribution >= 0.6 is 22.6 Å². The number of rotatable bonds is 2. The van der Waals surface area contributed by atoms with Crippen molar-refractivity contribution in [3.8, 4) is 0 Å². The van der Waals surface area contributed by atoms with Gasteiger partial charge in [-0.3, -0.25) is 0 Å². The number of aromatic nitrogens is 2. The molecule has 1 N–H and O–H groups in total. The predicted molar refractivity (Wildman–Crippen MR) is 83.6 cm³/mol. The van der Waals surface area contributed by atoms with Crippen molar-refractivity contribution in [3.63, 3.8) is 0 Å². The van der Waals surface area contributed by atoms with E-state index in [0.717, 1.165) is 20.3 Å². The van der Waals surface area contributed by atoms with Crippen molar-refractivity contribution in [1.29, 1.82) is 0 Å². The Morgan fingerprint density at radius 1 is 1.11 bits per heavy atom. The van der Waals surface area contributed by atoms with Crippen molar-refractivity contribution in [3.05, 3.63) is 51.6 Å². The zero-order valence-electron chi connectivity index (χ0n) is 9.63. The average Bonchev–Trinajstić information content (AvgIpc) is 2.88. The van der Waals surface area contributed by atoms with Gasteiger partial charge in [0, 0.05) is 0 Å². The van der Waals surface area contributed by atoms with Crippen molar-refractivity contribution < 1.29 is 4.79 Å². The van der Waals surface area contributed by atoms with Crippen molar-refractivity contribution in [2.75, 3.05) is 5.32 Å². The monoisotopic (exact) mass is 429 g/mol. The summed E-state index contributed by atoms with van der Waals surface area (Å²) in [5, 5.41) is 2.91. The van der Waals surface area contributed by atoms with Gasteiger partial charge in [0.2, 0.25) is 0 Å². The quantitative estimate of drug-likeness (QED) is 0.505. The molecule has 1 heterocycles. The van der Waals surface area contributed by atoms with E-state index in [1.54, 1.807) is 0 Å². The standard InChI is InChI=1S/C13H8IN3OSe/c14-9-5-2-1-4-8(9)13(18)15-10-6-3-7-11-12(10)17-19-16-11/h1-7H,(H,15,18). The van der Waals surface area contributed by atoms with Crippen LogP contribution in [0.25, 0.3) is 11.0 Å². The zero-order chi connectivity index (χ0) is 13.2. The number of benzene rings is 2. The van der Waals surface area contributed by atoms with Crippen LogP contribution in [0.2, 0.25) is 0 Å². The summed E-state index contributed by atoms with van der Waals surface area (Å²) in [7, 11) is 0. The van der Waals surface area contributed by atoms with Crippen molar-refractivity contribution >= 4 is 60.2 Å². The Morgan fingerprint density at radius 2 is 1.95 bits per heavy atom. The van der Waals surface area contributed by atoms with Crippen LogP contribution in [-0.4, -0.2) is 28.8 Å². The van der Waals surface area contributed by atoms with Crippen molar-refractivity contribution in [2.24, 2.45) is 0 Å². The van der Waals surface area contributed by atoms with Gasteiger partial charge in [-0.05, 0) is 0 Å². The van der Waals surface area contributed by atoms with Gasteiger partial charge in [0.15, 0.2) is 0 Å². The summed E-state index contributed by atoms with van der Waals surface area (Å²) in [4.78, 5) is 12.3. The molecule has 0 unspecified atom stereocenters. The molecule has 4 nitrogen and oxygen atoms in total. The second-order valence-electron chi connectivity index (χ2n) is 3.87. The van der Waals surface area contributed by atoms with E-state index in [1.165, 1.54) is 0 Å². The maximum absolute atomic E-state index is 12.3. The van der Waals surface area contributed by atoms with Crippen molar-refractivity contribution in [2.45, 2.75) is 0 Å². The molecule has 0 bridgehead atoms. The van der Waals surface area contributed by atoms with E-state index in [-0.39, 0.29) is 20.9 Å². The van der Waals surface area contributed by atoms with Gasteiger partial charge in [-0.2, -0.15) is 0 Å². The molecule has 0 radical (unpaired) electrons. The minimum absolute atomic E-state index is 0.0929. The SMILES string of the molecule is O=C(Nc1cccc2n[se]nc12)c1ccccc1I. The Balaban J connectivity index is 1.95. The Kier molecular flexibility index (Phi) is 3.63. The summed E-state index contributed by atoms with van der Waals surface area (Å²) < 4.78 is 9.58. The van der Waals surface area contributed by atoms with Crippen LogP contribution in [0, 0.1) is 3.57 Å². The van der Waals surface area contributed by atoms with Gasteiger partial charge in [-0.25, -0.2) is 0 Å². The van der Waals surface area contributed by atoms with E-state index < -0.39 is 0 Å². The number of hydrogen-bond donors (Lipinski definition) is 1. The molecule has 0 saturated carbocycles. The first-order valence-electron chi connectivity index (χ1n) is 5.53. The molecular formula is C13H8IN3OSe. The Hall–Kier alpha value is -1.24. The van der Waals surface area contributed by atoms with Crippen LogP contribution in [0.4, 0.5) is 5.69 Å². The molecule has 0 aliphatic rings. The number of nitrogens with one attached hydrogen (secondary N) is 1. The van der Waals surface area contributed by atoms with E-state index in [4.69, 9.17) is 0 Å². The average molecular weight is 428 g/mol. The van der Waals surface area contributed by atoms with Gasteiger partial charge < -0.3 is 0 Å². The molecule has 1 aromatic heterocycles. The molecule has 0 aliphatic heterocycles. The third-order valence-electron chi connectivity index (χ3n) is 2.65. The second-order valence-corrected chi connectivity index (χ2v) is 6.14. The number of nitrogens with zero attached hydrogens (tertiary/aromatic N) is 2. The summed E-state index contributed by atoms with van der Waals surface area (Å²) in [6, 6.07) is 13.1. The number of amides is 1. The fourth-order valence-electron chi connectivity index (χ4n) is 1.74. The molecule has 0 aliphatic carbocycles. The molecule has 94 valence electrons. The number of carbonyl (C=O) groups excluding carboxylic acids is 1. The van der Waals surface area contributed by atoms with E-state index in [2.05, 4.69) is 35.9 Å². The Labute approximate surface area is 129 Å². The number of halogens is 1. The molecule has 0 saturated heterocycles. The Morgan fingerprint density at radius 3 is 2.79 bits per heavy atom. The molecule has 1 amide bonds. The summed E-state index contributed by atoms with van der Waals surface area (Å²) in [6.45, 7) is 0. The Bertz CT molecular complexity index is 756. The molecule has 0 spiro atoms. The fraction of sp³-hybridized carbons (Fsp3) is 0. The molecule has 19 heavy (non-hydrogen) atoms. The molecular weight excluding hydrogens is 420 g/mol. The normalized spacial score (nSPS) is 10.6. The summed E-state index contributed by atoms with van der Waals surface area (Å²) in [5.74, 6) is -0.118. The first kappa shape index (κ1) is 12.8. The molecule has 2 aromatic carbocycles. The van der Waals surface area contributed by atoms with E-state index in [0.29, 0.717) is 5.56 Å². The van der Waals surface area contributed by atoms with Crippen LogP contribution in [0.1, 0.15) is 10.4 Å². The number of hydrogen-bond acceptors (Lipinski definition) is 3. The number of anilines is 1. The topological polar surface area (TPSA) is 54.9 Å². The predicted octanol–water partition coefficient (Wildman–Crippen LogP) is 2.54. The van der Waals surface area contributed by atoms with Gasteiger partial charge in [0.05, 0.1) is 0 Å². The van der Waals surface area contributed by atoms with Crippen LogP contribution < -0.4 is 5.32 Å². The molecule has 3 rings (SSSR count). The van der Waals surface area contributed by atoms with Gasteiger partial charge in [-0.1, -0.05) is 0 Å². The fourth-order valence-corrected chi connectivity index (χ4v) is 3.53. The third kappa shape index (κ3) is 2.56. The first-order valence-corrected chi connectivity index (χ1v) is 8.14. The molecule has 3 aromatic rings. The van der Waals surface area contributed by atoms with E-state index >= 15 is 0 Å². The van der Waals surface area contributed by atoms with Crippen LogP contribution in [0.3, 0.4) is 0 Å². The number of carbonyl (C=O) groups is 1. The van der Waals surface area contributed by atoms with E-state index in [1.807, 2.05) is 42.5 Å². The zero-order valence-corrected chi connectivity index (χ0v) is 13.5. The maximum atomic E-state index is 12.3. The third-order valence-corrected chi connectivity index (χ3v) is 4.73. The first-order chi connectivity index (χ1) is 9.25. The van der Waals surface area contributed by atoms with Crippen LogP contribution in [0.5, 0.6) is 0 Å². The van der Waals surface area contributed by atoms with Gasteiger partial charge in [-0.15, -0.1) is 0 Å². The minimum atomic E-state index is -0.118. The van der Waals surface area contributed by atoms with Crippen LogP contribution in [-0.2, 0) is 0 Å². The van der Waals surface area contributed by atoms with Crippen molar-refractivity contribution in [1.82, 2.24) is 7.96 Å². The summed E-state index contributed by atoms with van der Waals surface area (Å²) in [5.41, 5.74) is 3.05. The molecule has 0 atom stereocenters.